The van der Waals surface area contributed by atoms with Gasteiger partial charge in [-0.25, -0.2) is 0 Å². The lowest BCUT2D eigenvalue weighted by molar-refractivity contribution is -0.133. The van der Waals surface area contributed by atoms with Gasteiger partial charge in [-0.1, -0.05) is 54.6 Å². The standard InChI is InChI=1S/C21H24N2O/c22-12-13-23(15-16-6-2-1-3-7-16)20(24)19-14-21(19)11-10-17-8-4-5-9-18(17)21/h1-9,19H,10-15,22H2. The highest BCUT2D eigenvalue weighted by molar-refractivity contribution is 5.85. The normalized spacial score (nSPS) is 24.0. The molecule has 124 valence electrons. The Bertz CT molecular complexity index is 739. The van der Waals surface area contributed by atoms with Gasteiger partial charge in [0.2, 0.25) is 5.91 Å². The van der Waals surface area contributed by atoms with Crippen molar-refractivity contribution in [3.63, 3.8) is 0 Å². The summed E-state index contributed by atoms with van der Waals surface area (Å²) in [6, 6.07) is 18.8. The molecule has 2 aromatic rings. The summed E-state index contributed by atoms with van der Waals surface area (Å²) in [6.45, 7) is 1.79. The van der Waals surface area contributed by atoms with Gasteiger partial charge in [-0.05, 0) is 36.0 Å². The molecule has 0 aromatic heterocycles. The fraction of sp³-hybridized carbons (Fsp3) is 0.381. The van der Waals surface area contributed by atoms with Gasteiger partial charge in [0, 0.05) is 31.0 Å². The molecule has 4 rings (SSSR count). The van der Waals surface area contributed by atoms with E-state index in [1.54, 1.807) is 0 Å². The van der Waals surface area contributed by atoms with E-state index in [0.29, 0.717) is 19.6 Å². The molecule has 0 aliphatic heterocycles. The fourth-order valence-corrected chi connectivity index (χ4v) is 4.37. The zero-order valence-electron chi connectivity index (χ0n) is 13.9. The second-order valence-electron chi connectivity index (χ2n) is 7.10. The second-order valence-corrected chi connectivity index (χ2v) is 7.10. The van der Waals surface area contributed by atoms with Crippen LogP contribution in [0.1, 0.15) is 29.5 Å². The zero-order valence-corrected chi connectivity index (χ0v) is 13.9. The van der Waals surface area contributed by atoms with Crippen molar-refractivity contribution in [1.29, 1.82) is 0 Å². The van der Waals surface area contributed by atoms with Gasteiger partial charge in [0.1, 0.15) is 0 Å². The number of fused-ring (bicyclic) bond motifs is 2. The lowest BCUT2D eigenvalue weighted by Gasteiger charge is -2.24. The summed E-state index contributed by atoms with van der Waals surface area (Å²) < 4.78 is 0. The average molecular weight is 320 g/mol. The van der Waals surface area contributed by atoms with E-state index in [1.807, 2.05) is 23.1 Å². The number of nitrogens with zero attached hydrogens (tertiary/aromatic N) is 1. The summed E-state index contributed by atoms with van der Waals surface area (Å²) in [4.78, 5) is 15.1. The number of benzene rings is 2. The first-order valence-corrected chi connectivity index (χ1v) is 8.86. The minimum absolute atomic E-state index is 0.108. The van der Waals surface area contributed by atoms with Gasteiger partial charge < -0.3 is 10.6 Å². The lowest BCUT2D eigenvalue weighted by atomic mass is 9.95. The van der Waals surface area contributed by atoms with Gasteiger partial charge in [0.15, 0.2) is 0 Å². The van der Waals surface area contributed by atoms with Crippen molar-refractivity contribution in [1.82, 2.24) is 4.90 Å². The van der Waals surface area contributed by atoms with E-state index in [4.69, 9.17) is 5.73 Å². The molecule has 0 heterocycles. The number of carbonyl (C=O) groups excluding carboxylic acids is 1. The highest BCUT2D eigenvalue weighted by Gasteiger charge is 2.61. The Morgan fingerprint density at radius 1 is 1.12 bits per heavy atom. The van der Waals surface area contributed by atoms with Crippen LogP contribution in [0.15, 0.2) is 54.6 Å². The third kappa shape index (κ3) is 2.53. The largest absolute Gasteiger partial charge is 0.337 e. The van der Waals surface area contributed by atoms with Crippen LogP contribution in [0.4, 0.5) is 0 Å². The molecule has 2 aliphatic rings. The topological polar surface area (TPSA) is 46.3 Å². The first-order valence-electron chi connectivity index (χ1n) is 8.86. The number of hydrogen-bond acceptors (Lipinski definition) is 2. The van der Waals surface area contributed by atoms with Crippen LogP contribution in [-0.2, 0) is 23.2 Å². The maximum atomic E-state index is 13.1. The van der Waals surface area contributed by atoms with Crippen LogP contribution in [0.2, 0.25) is 0 Å². The van der Waals surface area contributed by atoms with Crippen molar-refractivity contribution >= 4 is 5.91 Å². The first-order chi connectivity index (χ1) is 11.7. The predicted molar refractivity (Wildman–Crippen MR) is 95.5 cm³/mol. The molecule has 2 aliphatic carbocycles. The molecule has 3 heteroatoms. The van der Waals surface area contributed by atoms with Crippen LogP contribution in [-0.4, -0.2) is 23.9 Å². The van der Waals surface area contributed by atoms with E-state index in [2.05, 4.69) is 36.4 Å². The third-order valence-corrected chi connectivity index (χ3v) is 5.69. The van der Waals surface area contributed by atoms with Crippen molar-refractivity contribution in [2.24, 2.45) is 11.7 Å². The Labute approximate surface area is 143 Å². The maximum Gasteiger partial charge on any atom is 0.226 e. The van der Waals surface area contributed by atoms with Gasteiger partial charge in [-0.15, -0.1) is 0 Å². The molecule has 1 spiro atoms. The molecule has 3 nitrogen and oxygen atoms in total. The van der Waals surface area contributed by atoms with E-state index in [1.165, 1.54) is 16.7 Å². The zero-order chi connectivity index (χ0) is 16.6. The highest BCUT2D eigenvalue weighted by Crippen LogP contribution is 2.62. The molecule has 1 fully saturated rings. The van der Waals surface area contributed by atoms with Gasteiger partial charge in [-0.2, -0.15) is 0 Å². The van der Waals surface area contributed by atoms with E-state index in [0.717, 1.165) is 19.3 Å². The van der Waals surface area contributed by atoms with Crippen molar-refractivity contribution in [2.45, 2.75) is 31.2 Å². The van der Waals surface area contributed by atoms with Crippen molar-refractivity contribution in [3.05, 3.63) is 71.3 Å². The minimum atomic E-state index is 0.108. The van der Waals surface area contributed by atoms with Crippen LogP contribution < -0.4 is 5.73 Å². The Balaban J connectivity index is 1.53. The molecule has 2 N–H and O–H groups in total. The van der Waals surface area contributed by atoms with E-state index < -0.39 is 0 Å². The molecule has 2 atom stereocenters. The summed E-state index contributed by atoms with van der Waals surface area (Å²) in [5, 5.41) is 0. The Kier molecular flexibility index (Phi) is 3.89. The maximum absolute atomic E-state index is 13.1. The smallest absolute Gasteiger partial charge is 0.226 e. The number of aryl methyl sites for hydroxylation is 1. The Morgan fingerprint density at radius 3 is 2.67 bits per heavy atom. The summed E-state index contributed by atoms with van der Waals surface area (Å²) >= 11 is 0. The number of amides is 1. The van der Waals surface area contributed by atoms with Crippen LogP contribution in [0.3, 0.4) is 0 Å². The fourth-order valence-electron chi connectivity index (χ4n) is 4.37. The molecule has 0 bridgehead atoms. The Hall–Kier alpha value is -2.13. The number of rotatable bonds is 5. The van der Waals surface area contributed by atoms with Crippen molar-refractivity contribution in [3.8, 4) is 0 Å². The minimum Gasteiger partial charge on any atom is -0.337 e. The highest BCUT2D eigenvalue weighted by atomic mass is 16.2. The molecule has 2 aromatic carbocycles. The number of nitrogens with two attached hydrogens (primary N) is 1. The van der Waals surface area contributed by atoms with Gasteiger partial charge >= 0.3 is 0 Å². The first kappa shape index (κ1) is 15.4. The molecule has 1 saturated carbocycles. The van der Waals surface area contributed by atoms with E-state index in [-0.39, 0.29) is 17.2 Å². The average Bonchev–Trinajstić information content (AvgIpc) is 3.24. The van der Waals surface area contributed by atoms with Crippen molar-refractivity contribution < 1.29 is 4.79 Å². The molecular weight excluding hydrogens is 296 g/mol. The molecular formula is C21H24N2O. The van der Waals surface area contributed by atoms with E-state index >= 15 is 0 Å². The van der Waals surface area contributed by atoms with Gasteiger partial charge in [-0.3, -0.25) is 4.79 Å². The van der Waals surface area contributed by atoms with Gasteiger partial charge in [0.25, 0.3) is 0 Å². The SMILES string of the molecule is NCCN(Cc1ccccc1)C(=O)C1CC12CCc1ccccc12. The molecule has 0 saturated heterocycles. The van der Waals surface area contributed by atoms with Gasteiger partial charge in [0.05, 0.1) is 0 Å². The van der Waals surface area contributed by atoms with Crippen LogP contribution in [0, 0.1) is 5.92 Å². The summed E-state index contributed by atoms with van der Waals surface area (Å²) in [6.07, 6.45) is 3.22. The monoisotopic (exact) mass is 320 g/mol. The number of carbonyl (C=O) groups is 1. The molecule has 24 heavy (non-hydrogen) atoms. The van der Waals surface area contributed by atoms with Crippen molar-refractivity contribution in [2.75, 3.05) is 13.1 Å². The summed E-state index contributed by atoms with van der Waals surface area (Å²) in [5.74, 6) is 0.414. The molecule has 1 amide bonds. The quantitative estimate of drug-likeness (QED) is 0.921. The summed E-state index contributed by atoms with van der Waals surface area (Å²) in [5.41, 5.74) is 9.89. The molecule has 0 radical (unpaired) electrons. The second kappa shape index (κ2) is 6.06. The Morgan fingerprint density at radius 2 is 1.88 bits per heavy atom. The summed E-state index contributed by atoms with van der Waals surface area (Å²) in [7, 11) is 0. The van der Waals surface area contributed by atoms with E-state index in [9.17, 15) is 4.79 Å². The number of hydrogen-bond donors (Lipinski definition) is 1. The predicted octanol–water partition coefficient (Wildman–Crippen LogP) is 2.88. The third-order valence-electron chi connectivity index (χ3n) is 5.69. The van der Waals surface area contributed by atoms with Crippen LogP contribution in [0.5, 0.6) is 0 Å². The van der Waals surface area contributed by atoms with Crippen LogP contribution >= 0.6 is 0 Å². The van der Waals surface area contributed by atoms with Crippen LogP contribution in [0.25, 0.3) is 0 Å². The lowest BCUT2D eigenvalue weighted by Crippen LogP contribution is -2.37. The molecule has 2 unspecified atom stereocenters.